The number of carbonyl (C=O) groups is 1. The molecule has 7 nitrogen and oxygen atoms in total. The minimum Gasteiger partial charge on any atom is -0.491 e. The maximum Gasteiger partial charge on any atom is 0.257 e. The number of nitrogens with zero attached hydrogens (tertiary/aromatic N) is 3. The molecule has 3 aliphatic rings. The molecular formula is C28H37N3O4. The molecule has 2 aromatic carbocycles. The van der Waals surface area contributed by atoms with Crippen LogP contribution in [0.25, 0.3) is 0 Å². The van der Waals surface area contributed by atoms with E-state index in [1.807, 2.05) is 18.2 Å². The van der Waals surface area contributed by atoms with Crippen LogP contribution in [0.2, 0.25) is 0 Å². The molecule has 35 heavy (non-hydrogen) atoms. The molecule has 188 valence electrons. The number of β-amino-alcohol motifs (C(OH)–C–C–N with tert-alkyl or cyclic N) is 1. The Balaban J connectivity index is 1.19. The van der Waals surface area contributed by atoms with Gasteiger partial charge in [-0.15, -0.1) is 0 Å². The van der Waals surface area contributed by atoms with E-state index in [-0.39, 0.29) is 5.91 Å². The summed E-state index contributed by atoms with van der Waals surface area (Å²) < 4.78 is 11.4. The highest BCUT2D eigenvalue weighted by Gasteiger charge is 2.28. The Kier molecular flexibility index (Phi) is 7.68. The summed E-state index contributed by atoms with van der Waals surface area (Å²) >= 11 is 0. The first-order chi connectivity index (χ1) is 17.1. The molecule has 3 aliphatic heterocycles. The number of rotatable bonds is 8. The number of hydrogen-bond acceptors (Lipinski definition) is 6. The van der Waals surface area contributed by atoms with Crippen molar-refractivity contribution in [1.29, 1.82) is 0 Å². The van der Waals surface area contributed by atoms with E-state index in [0.29, 0.717) is 43.6 Å². The van der Waals surface area contributed by atoms with Crippen molar-refractivity contribution in [3.63, 3.8) is 0 Å². The maximum atomic E-state index is 13.3. The van der Waals surface area contributed by atoms with Crippen LogP contribution in [0.15, 0.2) is 42.5 Å². The molecule has 2 aromatic rings. The molecule has 3 heterocycles. The van der Waals surface area contributed by atoms with Gasteiger partial charge in [0, 0.05) is 45.9 Å². The molecule has 0 aliphatic carbocycles. The van der Waals surface area contributed by atoms with Crippen molar-refractivity contribution >= 4 is 5.91 Å². The largest absolute Gasteiger partial charge is 0.491 e. The maximum absolute atomic E-state index is 13.3. The first-order valence-corrected chi connectivity index (χ1v) is 12.9. The lowest BCUT2D eigenvalue weighted by Gasteiger charge is -2.32. The average molecular weight is 480 g/mol. The van der Waals surface area contributed by atoms with Gasteiger partial charge in [-0.05, 0) is 54.6 Å². The van der Waals surface area contributed by atoms with Gasteiger partial charge in [-0.25, -0.2) is 0 Å². The van der Waals surface area contributed by atoms with E-state index in [2.05, 4.69) is 34.1 Å². The van der Waals surface area contributed by atoms with E-state index in [1.165, 1.54) is 17.5 Å². The van der Waals surface area contributed by atoms with Gasteiger partial charge in [0.25, 0.3) is 5.91 Å². The summed E-state index contributed by atoms with van der Waals surface area (Å²) in [5.74, 6) is 0.588. The lowest BCUT2D eigenvalue weighted by atomic mass is 10.00. The van der Waals surface area contributed by atoms with Gasteiger partial charge in [0.05, 0.1) is 24.8 Å². The Morgan fingerprint density at radius 3 is 2.83 bits per heavy atom. The third-order valence-corrected chi connectivity index (χ3v) is 7.54. The van der Waals surface area contributed by atoms with Crippen molar-refractivity contribution < 1.29 is 19.4 Å². The molecule has 1 saturated heterocycles. The summed E-state index contributed by atoms with van der Waals surface area (Å²) in [4.78, 5) is 19.8. The van der Waals surface area contributed by atoms with Gasteiger partial charge in [0.1, 0.15) is 12.4 Å². The Morgan fingerprint density at radius 1 is 1.11 bits per heavy atom. The van der Waals surface area contributed by atoms with Crippen LogP contribution in [0.4, 0.5) is 0 Å². The van der Waals surface area contributed by atoms with Crippen LogP contribution in [-0.2, 0) is 24.2 Å². The van der Waals surface area contributed by atoms with Crippen LogP contribution in [0, 0.1) is 0 Å². The van der Waals surface area contributed by atoms with Gasteiger partial charge >= 0.3 is 0 Å². The van der Waals surface area contributed by atoms with E-state index in [9.17, 15) is 9.90 Å². The Morgan fingerprint density at radius 2 is 1.97 bits per heavy atom. The van der Waals surface area contributed by atoms with Crippen molar-refractivity contribution in [2.24, 2.45) is 0 Å². The third kappa shape index (κ3) is 5.70. The van der Waals surface area contributed by atoms with E-state index < -0.39 is 6.10 Å². The van der Waals surface area contributed by atoms with Crippen molar-refractivity contribution in [3.05, 3.63) is 64.7 Å². The lowest BCUT2D eigenvalue weighted by Crippen LogP contribution is -2.44. The minimum absolute atomic E-state index is 0.0643. The Bertz CT molecular complexity index is 1030. The summed E-state index contributed by atoms with van der Waals surface area (Å²) in [5.41, 5.74) is 4.46. The highest BCUT2D eigenvalue weighted by molar-refractivity contribution is 5.97. The normalized spacial score (nSPS) is 21.8. The summed E-state index contributed by atoms with van der Waals surface area (Å²) in [6.45, 7) is 6.21. The summed E-state index contributed by atoms with van der Waals surface area (Å²) in [7, 11) is 1.76. The zero-order chi connectivity index (χ0) is 24.2. The van der Waals surface area contributed by atoms with Crippen LogP contribution < -0.4 is 4.74 Å². The molecule has 0 saturated carbocycles. The van der Waals surface area contributed by atoms with E-state index >= 15 is 0 Å². The number of fused-ring (bicyclic) bond motifs is 2. The topological polar surface area (TPSA) is 65.5 Å². The molecule has 1 fully saturated rings. The number of amides is 1. The molecular weight excluding hydrogens is 442 g/mol. The van der Waals surface area contributed by atoms with E-state index in [1.54, 1.807) is 12.0 Å². The third-order valence-electron chi connectivity index (χ3n) is 7.54. The average Bonchev–Trinajstić information content (AvgIpc) is 3.23. The first-order valence-electron chi connectivity index (χ1n) is 12.9. The number of hydrogen-bond donors (Lipinski definition) is 1. The summed E-state index contributed by atoms with van der Waals surface area (Å²) in [6, 6.07) is 14.9. The number of ether oxygens (including phenoxy) is 2. The Labute approximate surface area is 208 Å². The molecule has 0 bridgehead atoms. The second-order valence-corrected chi connectivity index (χ2v) is 10.1. The van der Waals surface area contributed by atoms with Crippen molar-refractivity contribution in [2.45, 2.75) is 44.5 Å². The predicted octanol–water partition coefficient (Wildman–Crippen LogP) is 2.55. The zero-order valence-corrected chi connectivity index (χ0v) is 20.7. The number of aliphatic hydroxyl groups is 1. The number of carbonyl (C=O) groups excluding carboxylic acids is 1. The van der Waals surface area contributed by atoms with Gasteiger partial charge in [0.2, 0.25) is 0 Å². The van der Waals surface area contributed by atoms with Crippen molar-refractivity contribution in [2.75, 3.05) is 53.0 Å². The molecule has 0 spiro atoms. The second-order valence-electron chi connectivity index (χ2n) is 10.1. The number of aliphatic hydroxyl groups excluding tert-OH is 1. The van der Waals surface area contributed by atoms with Crippen LogP contribution >= 0.6 is 0 Å². The fourth-order valence-corrected chi connectivity index (χ4v) is 5.71. The minimum atomic E-state index is -0.599. The monoisotopic (exact) mass is 479 g/mol. The van der Waals surface area contributed by atoms with E-state index in [4.69, 9.17) is 9.47 Å². The predicted molar refractivity (Wildman–Crippen MR) is 135 cm³/mol. The molecule has 5 rings (SSSR count). The van der Waals surface area contributed by atoms with Crippen LogP contribution in [0.3, 0.4) is 0 Å². The van der Waals surface area contributed by atoms with Crippen molar-refractivity contribution in [3.8, 4) is 5.75 Å². The quantitative estimate of drug-likeness (QED) is 0.628. The standard InChI is InChI=1S/C28H37N3O4/c1-34-20-24-7-4-11-30(24)16-21-8-9-26-27(15-21)35-14-13-31(28(26)33)19-25(32)18-29-12-10-22-5-2-3-6-23(22)17-29/h2-3,5-6,8-9,15,24-25,32H,4,7,10-14,16-20H2,1H3/t24-,25?/m0/s1. The number of likely N-dealkylation sites (tertiary alicyclic amines) is 1. The summed E-state index contributed by atoms with van der Waals surface area (Å²) in [6.07, 6.45) is 2.75. The van der Waals surface area contributed by atoms with Gasteiger partial charge in [-0.3, -0.25) is 14.6 Å². The zero-order valence-electron chi connectivity index (χ0n) is 20.7. The molecule has 2 atom stereocenters. The van der Waals surface area contributed by atoms with Crippen LogP contribution in [0.1, 0.15) is 39.9 Å². The van der Waals surface area contributed by atoms with Gasteiger partial charge < -0.3 is 19.5 Å². The second kappa shape index (κ2) is 11.1. The molecule has 0 aromatic heterocycles. The van der Waals surface area contributed by atoms with Crippen molar-refractivity contribution in [1.82, 2.24) is 14.7 Å². The van der Waals surface area contributed by atoms with Gasteiger partial charge in [0.15, 0.2) is 0 Å². The number of methoxy groups -OCH3 is 1. The highest BCUT2D eigenvalue weighted by Crippen LogP contribution is 2.27. The lowest BCUT2D eigenvalue weighted by molar-refractivity contribution is 0.0501. The van der Waals surface area contributed by atoms with Gasteiger partial charge in [-0.2, -0.15) is 0 Å². The smallest absolute Gasteiger partial charge is 0.257 e. The van der Waals surface area contributed by atoms with E-state index in [0.717, 1.165) is 51.2 Å². The van der Waals surface area contributed by atoms with Gasteiger partial charge in [-0.1, -0.05) is 30.3 Å². The Hall–Kier alpha value is -2.45. The first kappa shape index (κ1) is 24.3. The molecule has 1 N–H and O–H groups in total. The van der Waals surface area contributed by atoms with Crippen LogP contribution in [-0.4, -0.2) is 90.9 Å². The highest BCUT2D eigenvalue weighted by atomic mass is 16.5. The fourth-order valence-electron chi connectivity index (χ4n) is 5.71. The SMILES string of the molecule is COC[C@@H]1CCCN1Cc1ccc2c(c1)OCCN(CC(O)CN1CCc3ccccc3C1)C2=O. The molecule has 1 unspecified atom stereocenters. The molecule has 0 radical (unpaired) electrons. The fraction of sp³-hybridized carbons (Fsp3) is 0.536. The number of benzene rings is 2. The van der Waals surface area contributed by atoms with Crippen LogP contribution in [0.5, 0.6) is 5.75 Å². The summed E-state index contributed by atoms with van der Waals surface area (Å²) in [5, 5.41) is 10.8. The molecule has 1 amide bonds. The molecule has 7 heteroatoms.